The van der Waals surface area contributed by atoms with Crippen molar-refractivity contribution >= 4 is 23.4 Å². The van der Waals surface area contributed by atoms with Gasteiger partial charge in [-0.15, -0.1) is 0 Å². The molecular weight excluding hydrogens is 296 g/mol. The first-order valence-electron chi connectivity index (χ1n) is 7.47. The number of rotatable bonds is 7. The standard InChI is InChI=1S/C16H22N4OS/c1-4-5-6-10-22-16-18-12-14(20(16)3)15(21)19(2)13-8-7-9-17-11-13/h7-9,11-12H,4-6,10H2,1-3H3. The van der Waals surface area contributed by atoms with E-state index in [2.05, 4.69) is 16.9 Å². The third kappa shape index (κ3) is 3.88. The van der Waals surface area contributed by atoms with Gasteiger partial charge in [-0.1, -0.05) is 31.5 Å². The summed E-state index contributed by atoms with van der Waals surface area (Å²) in [5.41, 5.74) is 1.36. The molecule has 2 aromatic heterocycles. The molecule has 2 heterocycles. The molecule has 0 spiro atoms. The topological polar surface area (TPSA) is 51.0 Å². The quantitative estimate of drug-likeness (QED) is 0.580. The highest BCUT2D eigenvalue weighted by atomic mass is 32.2. The number of aromatic nitrogens is 3. The van der Waals surface area contributed by atoms with E-state index in [0.717, 1.165) is 16.6 Å². The summed E-state index contributed by atoms with van der Waals surface area (Å²) < 4.78 is 1.87. The van der Waals surface area contributed by atoms with Crippen LogP contribution in [0.5, 0.6) is 0 Å². The molecule has 6 heteroatoms. The van der Waals surface area contributed by atoms with Crippen molar-refractivity contribution < 1.29 is 4.79 Å². The minimum absolute atomic E-state index is 0.0802. The highest BCUT2D eigenvalue weighted by molar-refractivity contribution is 7.99. The van der Waals surface area contributed by atoms with E-state index in [1.54, 1.807) is 42.3 Å². The lowest BCUT2D eigenvalue weighted by molar-refractivity contribution is 0.0984. The SMILES string of the molecule is CCCCCSc1ncc(C(=O)N(C)c2cccnc2)n1C. The van der Waals surface area contributed by atoms with Crippen molar-refractivity contribution in [3.05, 3.63) is 36.4 Å². The van der Waals surface area contributed by atoms with Gasteiger partial charge in [0.25, 0.3) is 5.91 Å². The van der Waals surface area contributed by atoms with Crippen LogP contribution in [0.3, 0.4) is 0 Å². The Morgan fingerprint density at radius 2 is 2.18 bits per heavy atom. The lowest BCUT2D eigenvalue weighted by atomic mass is 10.3. The van der Waals surface area contributed by atoms with Crippen LogP contribution in [0.15, 0.2) is 35.9 Å². The summed E-state index contributed by atoms with van der Waals surface area (Å²) in [7, 11) is 3.64. The molecule has 0 aliphatic carbocycles. The second-order valence-electron chi connectivity index (χ2n) is 5.12. The van der Waals surface area contributed by atoms with Crippen molar-refractivity contribution in [3.8, 4) is 0 Å². The molecule has 0 atom stereocenters. The van der Waals surface area contributed by atoms with Gasteiger partial charge in [0, 0.05) is 26.0 Å². The summed E-state index contributed by atoms with van der Waals surface area (Å²) in [4.78, 5) is 22.6. The Bertz CT molecular complexity index is 612. The van der Waals surface area contributed by atoms with Gasteiger partial charge in [0.15, 0.2) is 5.16 Å². The zero-order chi connectivity index (χ0) is 15.9. The smallest absolute Gasteiger partial charge is 0.276 e. The molecule has 0 unspecified atom stereocenters. The summed E-state index contributed by atoms with van der Waals surface area (Å²) in [6.45, 7) is 2.19. The van der Waals surface area contributed by atoms with Crippen LogP contribution in [0.1, 0.15) is 36.7 Å². The highest BCUT2D eigenvalue weighted by Crippen LogP contribution is 2.21. The predicted molar refractivity (Wildman–Crippen MR) is 90.4 cm³/mol. The summed E-state index contributed by atoms with van der Waals surface area (Å²) in [5.74, 6) is 0.952. The summed E-state index contributed by atoms with van der Waals surface area (Å²) in [6.07, 6.45) is 8.63. The van der Waals surface area contributed by atoms with Crippen LogP contribution in [0, 0.1) is 0 Å². The number of carbonyl (C=O) groups excluding carboxylic acids is 1. The van der Waals surface area contributed by atoms with Crippen LogP contribution >= 0.6 is 11.8 Å². The third-order valence-corrected chi connectivity index (χ3v) is 4.61. The van der Waals surface area contributed by atoms with Crippen LogP contribution in [-0.4, -0.2) is 33.2 Å². The van der Waals surface area contributed by atoms with Gasteiger partial charge in [0.2, 0.25) is 0 Å². The van der Waals surface area contributed by atoms with E-state index in [0.29, 0.717) is 5.69 Å². The molecule has 0 N–H and O–H groups in total. The van der Waals surface area contributed by atoms with Gasteiger partial charge in [-0.05, 0) is 18.6 Å². The molecule has 0 bridgehead atoms. The van der Waals surface area contributed by atoms with E-state index in [1.807, 2.05) is 23.7 Å². The Kier molecular flexibility index (Phi) is 6.00. The molecule has 5 nitrogen and oxygen atoms in total. The Balaban J connectivity index is 2.06. The summed E-state index contributed by atoms with van der Waals surface area (Å²) in [5, 5.41) is 0.888. The van der Waals surface area contributed by atoms with Crippen molar-refractivity contribution in [3.63, 3.8) is 0 Å². The Morgan fingerprint density at radius 3 is 2.86 bits per heavy atom. The molecule has 0 saturated carbocycles. The fraction of sp³-hybridized carbons (Fsp3) is 0.438. The number of anilines is 1. The number of pyridine rings is 1. The molecule has 0 aliphatic heterocycles. The van der Waals surface area contributed by atoms with Gasteiger partial charge in [-0.25, -0.2) is 4.98 Å². The van der Waals surface area contributed by atoms with Crippen molar-refractivity contribution in [2.24, 2.45) is 7.05 Å². The number of hydrogen-bond donors (Lipinski definition) is 0. The molecular formula is C16H22N4OS. The lowest BCUT2D eigenvalue weighted by Crippen LogP contribution is -2.28. The minimum Gasteiger partial charge on any atom is -0.318 e. The van der Waals surface area contributed by atoms with Crippen molar-refractivity contribution in [1.82, 2.24) is 14.5 Å². The maximum absolute atomic E-state index is 12.6. The van der Waals surface area contributed by atoms with Crippen LogP contribution in [0.25, 0.3) is 0 Å². The number of nitrogens with zero attached hydrogens (tertiary/aromatic N) is 4. The molecule has 22 heavy (non-hydrogen) atoms. The molecule has 0 radical (unpaired) electrons. The number of hydrogen-bond acceptors (Lipinski definition) is 4. The molecule has 0 fully saturated rings. The average molecular weight is 318 g/mol. The first-order valence-corrected chi connectivity index (χ1v) is 8.46. The number of carbonyl (C=O) groups is 1. The summed E-state index contributed by atoms with van der Waals surface area (Å²) >= 11 is 1.70. The minimum atomic E-state index is -0.0802. The molecule has 0 aromatic carbocycles. The zero-order valence-corrected chi connectivity index (χ0v) is 14.1. The van der Waals surface area contributed by atoms with Crippen LogP contribution < -0.4 is 4.90 Å². The fourth-order valence-corrected chi connectivity index (χ4v) is 3.03. The lowest BCUT2D eigenvalue weighted by Gasteiger charge is -2.17. The number of imidazole rings is 1. The predicted octanol–water partition coefficient (Wildman–Crippen LogP) is 3.37. The molecule has 0 saturated heterocycles. The molecule has 2 aromatic rings. The highest BCUT2D eigenvalue weighted by Gasteiger charge is 2.19. The second-order valence-corrected chi connectivity index (χ2v) is 6.18. The monoisotopic (exact) mass is 318 g/mol. The second kappa shape index (κ2) is 7.98. The Morgan fingerprint density at radius 1 is 1.36 bits per heavy atom. The molecule has 118 valence electrons. The van der Waals surface area contributed by atoms with E-state index in [4.69, 9.17) is 0 Å². The summed E-state index contributed by atoms with van der Waals surface area (Å²) in [6, 6.07) is 3.68. The maximum atomic E-state index is 12.6. The molecule has 0 aliphatic rings. The normalized spacial score (nSPS) is 10.7. The largest absolute Gasteiger partial charge is 0.318 e. The van der Waals surface area contributed by atoms with Crippen LogP contribution in [0.4, 0.5) is 5.69 Å². The number of amides is 1. The van der Waals surface area contributed by atoms with E-state index in [1.165, 1.54) is 19.3 Å². The van der Waals surface area contributed by atoms with Crippen molar-refractivity contribution in [2.45, 2.75) is 31.3 Å². The van der Waals surface area contributed by atoms with Crippen LogP contribution in [0.2, 0.25) is 0 Å². The van der Waals surface area contributed by atoms with Gasteiger partial charge in [-0.2, -0.15) is 0 Å². The Hall–Kier alpha value is -1.82. The van der Waals surface area contributed by atoms with Gasteiger partial charge in [0.1, 0.15) is 5.69 Å². The first kappa shape index (κ1) is 16.5. The van der Waals surface area contributed by atoms with Gasteiger partial charge in [-0.3, -0.25) is 9.78 Å². The van der Waals surface area contributed by atoms with Gasteiger partial charge < -0.3 is 9.47 Å². The van der Waals surface area contributed by atoms with E-state index < -0.39 is 0 Å². The van der Waals surface area contributed by atoms with E-state index >= 15 is 0 Å². The van der Waals surface area contributed by atoms with Gasteiger partial charge >= 0.3 is 0 Å². The van der Waals surface area contributed by atoms with Crippen molar-refractivity contribution in [2.75, 3.05) is 17.7 Å². The maximum Gasteiger partial charge on any atom is 0.276 e. The van der Waals surface area contributed by atoms with E-state index in [9.17, 15) is 4.79 Å². The third-order valence-electron chi connectivity index (χ3n) is 3.48. The Labute approximate surface area is 135 Å². The molecule has 2 rings (SSSR count). The first-order chi connectivity index (χ1) is 10.6. The number of thioether (sulfide) groups is 1. The fourth-order valence-electron chi connectivity index (χ4n) is 2.08. The van der Waals surface area contributed by atoms with Crippen molar-refractivity contribution in [1.29, 1.82) is 0 Å². The zero-order valence-electron chi connectivity index (χ0n) is 13.3. The number of unbranched alkanes of at least 4 members (excludes halogenated alkanes) is 2. The van der Waals surface area contributed by atoms with Gasteiger partial charge in [0.05, 0.1) is 18.1 Å². The van der Waals surface area contributed by atoms with E-state index in [-0.39, 0.29) is 5.91 Å². The molecule has 1 amide bonds. The average Bonchev–Trinajstić information content (AvgIpc) is 2.92. The van der Waals surface area contributed by atoms with Crippen LogP contribution in [-0.2, 0) is 7.05 Å².